The molecule has 1 N–H and O–H groups in total. The first-order chi connectivity index (χ1) is 9.86. The molecule has 1 aliphatic heterocycles. The molecule has 106 valence electrons. The van der Waals surface area contributed by atoms with E-state index in [0.29, 0.717) is 0 Å². The summed E-state index contributed by atoms with van der Waals surface area (Å²) < 4.78 is 0. The van der Waals surface area contributed by atoms with Crippen molar-refractivity contribution < 1.29 is 0 Å². The van der Waals surface area contributed by atoms with Crippen molar-refractivity contribution in [2.24, 2.45) is 0 Å². The van der Waals surface area contributed by atoms with E-state index in [4.69, 9.17) is 0 Å². The molecule has 7 heteroatoms. The third kappa shape index (κ3) is 2.88. The first kappa shape index (κ1) is 13.3. The van der Waals surface area contributed by atoms with Crippen LogP contribution in [0.15, 0.2) is 24.0 Å². The van der Waals surface area contributed by atoms with Crippen molar-refractivity contribution in [3.05, 3.63) is 29.7 Å². The molecule has 0 unspecified atom stereocenters. The fraction of sp³-hybridized carbons (Fsp3) is 0.462. The van der Waals surface area contributed by atoms with E-state index >= 15 is 0 Å². The van der Waals surface area contributed by atoms with E-state index in [-0.39, 0.29) is 0 Å². The highest BCUT2D eigenvalue weighted by Gasteiger charge is 2.19. The second-order valence-electron chi connectivity index (χ2n) is 4.69. The van der Waals surface area contributed by atoms with Gasteiger partial charge < -0.3 is 15.1 Å². The monoisotopic (exact) mass is 290 g/mol. The van der Waals surface area contributed by atoms with Gasteiger partial charge in [-0.3, -0.25) is 4.98 Å². The fourth-order valence-corrected chi connectivity index (χ4v) is 3.01. The summed E-state index contributed by atoms with van der Waals surface area (Å²) in [7, 11) is 1.92. The highest BCUT2D eigenvalue weighted by molar-refractivity contribution is 7.13. The lowest BCUT2D eigenvalue weighted by Gasteiger charge is -2.35. The molecule has 3 heterocycles. The van der Waals surface area contributed by atoms with Gasteiger partial charge in [-0.2, -0.15) is 0 Å². The molecule has 0 spiro atoms. The molecule has 1 fully saturated rings. The van der Waals surface area contributed by atoms with Crippen LogP contribution in [-0.4, -0.2) is 48.2 Å². The Kier molecular flexibility index (Phi) is 4.08. The number of hydrogen-bond donors (Lipinski definition) is 1. The quantitative estimate of drug-likeness (QED) is 0.906. The summed E-state index contributed by atoms with van der Waals surface area (Å²) in [6.45, 7) is 4.62. The van der Waals surface area contributed by atoms with Crippen molar-refractivity contribution in [2.75, 3.05) is 43.0 Å². The first-order valence-electron chi connectivity index (χ1n) is 6.72. The van der Waals surface area contributed by atoms with Gasteiger partial charge in [0.25, 0.3) is 0 Å². The maximum absolute atomic E-state index is 4.64. The topological polar surface area (TPSA) is 57.2 Å². The predicted octanol–water partition coefficient (Wildman–Crippen LogP) is 0.979. The van der Waals surface area contributed by atoms with Crippen molar-refractivity contribution in [2.45, 2.75) is 6.54 Å². The zero-order valence-electron chi connectivity index (χ0n) is 11.5. The van der Waals surface area contributed by atoms with E-state index in [0.717, 1.165) is 49.4 Å². The molecule has 2 aromatic heterocycles. The number of piperazine rings is 1. The van der Waals surface area contributed by atoms with Crippen molar-refractivity contribution in [3.8, 4) is 0 Å². The first-order valence-corrected chi connectivity index (χ1v) is 7.59. The van der Waals surface area contributed by atoms with Gasteiger partial charge in [-0.15, -0.1) is 11.3 Å². The summed E-state index contributed by atoms with van der Waals surface area (Å²) in [5, 5.41) is 6.24. The maximum Gasteiger partial charge on any atom is 0.185 e. The Bertz CT molecular complexity index is 536. The van der Waals surface area contributed by atoms with Crippen LogP contribution in [0.3, 0.4) is 0 Å². The molecule has 1 saturated heterocycles. The van der Waals surface area contributed by atoms with E-state index in [9.17, 15) is 0 Å². The van der Waals surface area contributed by atoms with Gasteiger partial charge in [-0.1, -0.05) is 0 Å². The minimum atomic E-state index is 0.750. The Morgan fingerprint density at radius 2 is 2.00 bits per heavy atom. The number of nitrogens with one attached hydrogen (secondary N) is 1. The molecule has 0 aromatic carbocycles. The zero-order valence-corrected chi connectivity index (χ0v) is 12.3. The summed E-state index contributed by atoms with van der Waals surface area (Å²) in [5.74, 6) is 0.969. The Morgan fingerprint density at radius 3 is 2.70 bits per heavy atom. The van der Waals surface area contributed by atoms with E-state index in [1.54, 1.807) is 11.3 Å². The van der Waals surface area contributed by atoms with Crippen LogP contribution in [0, 0.1) is 0 Å². The molecule has 0 saturated carbocycles. The molecule has 1 aliphatic rings. The molecule has 3 rings (SSSR count). The molecule has 0 amide bonds. The summed E-state index contributed by atoms with van der Waals surface area (Å²) in [4.78, 5) is 17.9. The standard InChI is InChI=1S/C13H18N6S/c1-14-8-11-9-15-10-12(17-11)18-3-5-19(6-4-18)13-16-2-7-20-13/h2,7,9-10,14H,3-6,8H2,1H3. The number of nitrogens with zero attached hydrogens (tertiary/aromatic N) is 5. The number of hydrogen-bond acceptors (Lipinski definition) is 7. The van der Waals surface area contributed by atoms with Crippen molar-refractivity contribution in [3.63, 3.8) is 0 Å². The predicted molar refractivity (Wildman–Crippen MR) is 81.3 cm³/mol. The van der Waals surface area contributed by atoms with Crippen LogP contribution in [0.4, 0.5) is 10.9 Å². The molecule has 2 aromatic rings. The Morgan fingerprint density at radius 1 is 1.20 bits per heavy atom. The second kappa shape index (κ2) is 6.15. The fourth-order valence-electron chi connectivity index (χ4n) is 2.31. The lowest BCUT2D eigenvalue weighted by Crippen LogP contribution is -2.46. The molecule has 0 atom stereocenters. The summed E-state index contributed by atoms with van der Waals surface area (Å²) in [5.41, 5.74) is 0.979. The largest absolute Gasteiger partial charge is 0.352 e. The average Bonchev–Trinajstić information content (AvgIpc) is 3.02. The third-order valence-electron chi connectivity index (χ3n) is 3.32. The van der Waals surface area contributed by atoms with Gasteiger partial charge in [-0.25, -0.2) is 9.97 Å². The molecule has 20 heavy (non-hydrogen) atoms. The SMILES string of the molecule is CNCc1cncc(N2CCN(c3nccs3)CC2)n1. The lowest BCUT2D eigenvalue weighted by atomic mass is 10.3. The number of anilines is 2. The lowest BCUT2D eigenvalue weighted by molar-refractivity contribution is 0.642. The minimum Gasteiger partial charge on any atom is -0.352 e. The van der Waals surface area contributed by atoms with Crippen LogP contribution in [0.5, 0.6) is 0 Å². The van der Waals surface area contributed by atoms with E-state index in [2.05, 4.69) is 30.1 Å². The zero-order chi connectivity index (χ0) is 13.8. The maximum atomic E-state index is 4.64. The van der Waals surface area contributed by atoms with Gasteiger partial charge in [0, 0.05) is 50.5 Å². The molecule has 0 aliphatic carbocycles. The smallest absolute Gasteiger partial charge is 0.185 e. The van der Waals surface area contributed by atoms with Gasteiger partial charge in [0.15, 0.2) is 5.13 Å². The van der Waals surface area contributed by atoms with Crippen molar-refractivity contribution >= 4 is 22.3 Å². The Balaban J connectivity index is 1.64. The summed E-state index contributed by atoms with van der Waals surface area (Å²) >= 11 is 1.70. The van der Waals surface area contributed by atoms with Gasteiger partial charge in [0.2, 0.25) is 0 Å². The highest BCUT2D eigenvalue weighted by Crippen LogP contribution is 2.20. The molecular weight excluding hydrogens is 272 g/mol. The molecule has 0 radical (unpaired) electrons. The van der Waals surface area contributed by atoms with E-state index in [1.807, 2.05) is 31.0 Å². The van der Waals surface area contributed by atoms with Crippen LogP contribution in [0.2, 0.25) is 0 Å². The van der Waals surface area contributed by atoms with Crippen LogP contribution in [0.25, 0.3) is 0 Å². The van der Waals surface area contributed by atoms with Crippen molar-refractivity contribution in [1.82, 2.24) is 20.3 Å². The normalized spacial score (nSPS) is 15.7. The second-order valence-corrected chi connectivity index (χ2v) is 5.56. The van der Waals surface area contributed by atoms with Crippen LogP contribution >= 0.6 is 11.3 Å². The van der Waals surface area contributed by atoms with Gasteiger partial charge in [-0.05, 0) is 7.05 Å². The van der Waals surface area contributed by atoms with Crippen LogP contribution in [0.1, 0.15) is 5.69 Å². The highest BCUT2D eigenvalue weighted by atomic mass is 32.1. The molecule has 6 nitrogen and oxygen atoms in total. The average molecular weight is 290 g/mol. The number of thiazole rings is 1. The van der Waals surface area contributed by atoms with E-state index < -0.39 is 0 Å². The minimum absolute atomic E-state index is 0.750. The van der Waals surface area contributed by atoms with Crippen molar-refractivity contribution in [1.29, 1.82) is 0 Å². The summed E-state index contributed by atoms with van der Waals surface area (Å²) in [6, 6.07) is 0. The summed E-state index contributed by atoms with van der Waals surface area (Å²) in [6.07, 6.45) is 5.52. The Labute approximate surface area is 122 Å². The van der Waals surface area contributed by atoms with Crippen LogP contribution in [-0.2, 0) is 6.54 Å². The number of aromatic nitrogens is 3. The van der Waals surface area contributed by atoms with Gasteiger partial charge >= 0.3 is 0 Å². The van der Waals surface area contributed by atoms with Gasteiger partial charge in [0.05, 0.1) is 11.9 Å². The van der Waals surface area contributed by atoms with Crippen LogP contribution < -0.4 is 15.1 Å². The number of rotatable bonds is 4. The van der Waals surface area contributed by atoms with E-state index in [1.165, 1.54) is 0 Å². The molecular formula is C13H18N6S. The Hall–Kier alpha value is -1.73. The van der Waals surface area contributed by atoms with Gasteiger partial charge in [0.1, 0.15) is 5.82 Å². The third-order valence-corrected chi connectivity index (χ3v) is 4.16. The molecule has 0 bridgehead atoms.